The maximum Gasteiger partial charge on any atom is 0.270 e. The van der Waals surface area contributed by atoms with Crippen LogP contribution in [0.5, 0.6) is 0 Å². The standard InChI is InChI=1S/C23H16FN3O3S/c24-19-10-5-11-20-22(19)25-23(31-20)26(15-17-6-2-1-3-7-17)21(28)13-12-16-8-4-9-18(14-16)27(29)30/h1-14H,15H2/b13-12+. The fourth-order valence-corrected chi connectivity index (χ4v) is 4.01. The van der Waals surface area contributed by atoms with Gasteiger partial charge in [0.15, 0.2) is 5.13 Å². The third-order valence-electron chi connectivity index (χ3n) is 4.54. The molecule has 0 atom stereocenters. The first-order valence-electron chi connectivity index (χ1n) is 9.34. The number of hydrogen-bond acceptors (Lipinski definition) is 5. The Morgan fingerprint density at radius 3 is 2.61 bits per heavy atom. The topological polar surface area (TPSA) is 76.3 Å². The van der Waals surface area contributed by atoms with E-state index in [2.05, 4.69) is 4.98 Å². The molecule has 0 saturated carbocycles. The number of nitro benzene ring substituents is 1. The predicted molar refractivity (Wildman–Crippen MR) is 119 cm³/mol. The first kappa shape index (κ1) is 20.4. The van der Waals surface area contributed by atoms with Gasteiger partial charge in [-0.15, -0.1) is 0 Å². The molecule has 0 spiro atoms. The van der Waals surface area contributed by atoms with Crippen molar-refractivity contribution in [2.24, 2.45) is 0 Å². The van der Waals surface area contributed by atoms with Crippen molar-refractivity contribution in [1.82, 2.24) is 4.98 Å². The fraction of sp³-hybridized carbons (Fsp3) is 0.0435. The minimum Gasteiger partial charge on any atom is -0.280 e. The van der Waals surface area contributed by atoms with Gasteiger partial charge in [0.25, 0.3) is 11.6 Å². The van der Waals surface area contributed by atoms with Crippen LogP contribution in [-0.2, 0) is 11.3 Å². The summed E-state index contributed by atoms with van der Waals surface area (Å²) in [6.45, 7) is 0.250. The molecule has 1 heterocycles. The van der Waals surface area contributed by atoms with Gasteiger partial charge in [-0.05, 0) is 29.3 Å². The number of rotatable bonds is 6. The van der Waals surface area contributed by atoms with Crippen LogP contribution in [0.1, 0.15) is 11.1 Å². The van der Waals surface area contributed by atoms with E-state index in [1.54, 1.807) is 24.3 Å². The Labute approximate surface area is 181 Å². The van der Waals surface area contributed by atoms with E-state index in [4.69, 9.17) is 0 Å². The second-order valence-electron chi connectivity index (χ2n) is 6.68. The van der Waals surface area contributed by atoms with E-state index >= 15 is 0 Å². The molecule has 0 radical (unpaired) electrons. The molecule has 0 aliphatic rings. The summed E-state index contributed by atoms with van der Waals surface area (Å²) in [5, 5.41) is 11.3. The number of carbonyl (C=O) groups excluding carboxylic acids is 1. The number of nitrogens with zero attached hydrogens (tertiary/aromatic N) is 3. The molecule has 4 rings (SSSR count). The number of anilines is 1. The zero-order chi connectivity index (χ0) is 21.8. The lowest BCUT2D eigenvalue weighted by molar-refractivity contribution is -0.384. The molecule has 8 heteroatoms. The second kappa shape index (κ2) is 8.85. The van der Waals surface area contributed by atoms with E-state index < -0.39 is 10.7 Å². The molecular formula is C23H16FN3O3S. The number of fused-ring (bicyclic) bond motifs is 1. The van der Waals surface area contributed by atoms with Gasteiger partial charge in [0.2, 0.25) is 0 Å². The van der Waals surface area contributed by atoms with Gasteiger partial charge in [0.1, 0.15) is 11.3 Å². The van der Waals surface area contributed by atoms with Crippen molar-refractivity contribution in [3.63, 3.8) is 0 Å². The van der Waals surface area contributed by atoms with Crippen molar-refractivity contribution in [3.05, 3.63) is 106 Å². The summed E-state index contributed by atoms with van der Waals surface area (Å²) in [7, 11) is 0. The molecule has 0 aliphatic heterocycles. The molecule has 31 heavy (non-hydrogen) atoms. The number of halogens is 1. The average Bonchev–Trinajstić information content (AvgIpc) is 3.22. The van der Waals surface area contributed by atoms with Crippen LogP contribution in [0.15, 0.2) is 78.9 Å². The van der Waals surface area contributed by atoms with Gasteiger partial charge in [0, 0.05) is 18.2 Å². The summed E-state index contributed by atoms with van der Waals surface area (Å²) in [4.78, 5) is 29.4. The maximum absolute atomic E-state index is 14.1. The molecule has 0 aliphatic carbocycles. The summed E-state index contributed by atoms with van der Waals surface area (Å²) in [6.07, 6.45) is 2.85. The summed E-state index contributed by atoms with van der Waals surface area (Å²) >= 11 is 1.23. The molecule has 0 N–H and O–H groups in total. The molecule has 154 valence electrons. The molecule has 0 unspecified atom stereocenters. The number of aromatic nitrogens is 1. The third-order valence-corrected chi connectivity index (χ3v) is 5.58. The largest absolute Gasteiger partial charge is 0.280 e. The first-order chi connectivity index (χ1) is 15.0. The molecule has 0 saturated heterocycles. The normalized spacial score (nSPS) is 11.1. The Morgan fingerprint density at radius 2 is 1.87 bits per heavy atom. The highest BCUT2D eigenvalue weighted by molar-refractivity contribution is 7.22. The van der Waals surface area contributed by atoms with Crippen molar-refractivity contribution in [2.45, 2.75) is 6.54 Å². The number of carbonyl (C=O) groups is 1. The van der Waals surface area contributed by atoms with Gasteiger partial charge >= 0.3 is 0 Å². The van der Waals surface area contributed by atoms with Crippen LogP contribution < -0.4 is 4.90 Å². The van der Waals surface area contributed by atoms with Crippen molar-refractivity contribution in [2.75, 3.05) is 4.90 Å². The molecule has 6 nitrogen and oxygen atoms in total. The van der Waals surface area contributed by atoms with Crippen LogP contribution in [-0.4, -0.2) is 15.8 Å². The molecule has 4 aromatic rings. The SMILES string of the molecule is O=C(/C=C/c1cccc([N+](=O)[O-])c1)N(Cc1ccccc1)c1nc2c(F)cccc2s1. The van der Waals surface area contributed by atoms with Crippen LogP contribution >= 0.6 is 11.3 Å². The zero-order valence-corrected chi connectivity index (χ0v) is 17.0. The Hall–Kier alpha value is -3.91. The highest BCUT2D eigenvalue weighted by Crippen LogP contribution is 2.31. The lowest BCUT2D eigenvalue weighted by Crippen LogP contribution is -2.28. The van der Waals surface area contributed by atoms with Crippen molar-refractivity contribution >= 4 is 44.4 Å². The minimum absolute atomic E-state index is 0.0580. The molecule has 0 fully saturated rings. The van der Waals surface area contributed by atoms with Crippen LogP contribution in [0.2, 0.25) is 0 Å². The van der Waals surface area contributed by atoms with Gasteiger partial charge in [-0.2, -0.15) is 0 Å². The van der Waals surface area contributed by atoms with Crippen molar-refractivity contribution < 1.29 is 14.1 Å². The Bertz CT molecular complexity index is 1290. The Morgan fingerprint density at radius 1 is 1.10 bits per heavy atom. The average molecular weight is 433 g/mol. The van der Waals surface area contributed by atoms with Crippen LogP contribution in [0.25, 0.3) is 16.3 Å². The third kappa shape index (κ3) is 4.65. The van der Waals surface area contributed by atoms with E-state index in [-0.39, 0.29) is 23.7 Å². The number of thiazole rings is 1. The Balaban J connectivity index is 1.67. The lowest BCUT2D eigenvalue weighted by Gasteiger charge is -2.18. The van der Waals surface area contributed by atoms with E-state index in [0.29, 0.717) is 15.4 Å². The van der Waals surface area contributed by atoms with Crippen molar-refractivity contribution in [1.29, 1.82) is 0 Å². The molecular weight excluding hydrogens is 417 g/mol. The van der Waals surface area contributed by atoms with Gasteiger partial charge in [0.05, 0.1) is 16.2 Å². The number of para-hydroxylation sites is 1. The quantitative estimate of drug-likeness (QED) is 0.226. The smallest absolute Gasteiger partial charge is 0.270 e. The van der Waals surface area contributed by atoms with Crippen LogP contribution in [0, 0.1) is 15.9 Å². The van der Waals surface area contributed by atoms with Crippen molar-refractivity contribution in [3.8, 4) is 0 Å². The lowest BCUT2D eigenvalue weighted by atomic mass is 10.2. The van der Waals surface area contributed by atoms with Gasteiger partial charge in [-0.1, -0.05) is 59.9 Å². The van der Waals surface area contributed by atoms with E-state index in [9.17, 15) is 19.3 Å². The monoisotopic (exact) mass is 433 g/mol. The number of hydrogen-bond donors (Lipinski definition) is 0. The first-order valence-corrected chi connectivity index (χ1v) is 10.2. The highest BCUT2D eigenvalue weighted by Gasteiger charge is 2.19. The number of nitro groups is 1. The van der Waals surface area contributed by atoms with Gasteiger partial charge in [-0.3, -0.25) is 19.8 Å². The molecule has 3 aromatic carbocycles. The van der Waals surface area contributed by atoms with Crippen LogP contribution in [0.3, 0.4) is 0 Å². The summed E-state index contributed by atoms with van der Waals surface area (Å²) < 4.78 is 14.8. The van der Waals surface area contributed by atoms with Gasteiger partial charge in [-0.25, -0.2) is 9.37 Å². The second-order valence-corrected chi connectivity index (χ2v) is 7.69. The summed E-state index contributed by atoms with van der Waals surface area (Å²) in [5.74, 6) is -0.811. The maximum atomic E-state index is 14.1. The summed E-state index contributed by atoms with van der Waals surface area (Å²) in [6, 6.07) is 20.1. The van der Waals surface area contributed by atoms with Gasteiger partial charge < -0.3 is 0 Å². The Kier molecular flexibility index (Phi) is 5.81. The molecule has 1 amide bonds. The number of benzene rings is 3. The van der Waals surface area contributed by atoms with E-state index in [1.807, 2.05) is 30.3 Å². The molecule has 0 bridgehead atoms. The van der Waals surface area contributed by atoms with E-state index in [0.717, 1.165) is 5.56 Å². The number of amides is 1. The molecule has 1 aromatic heterocycles. The zero-order valence-electron chi connectivity index (χ0n) is 16.1. The van der Waals surface area contributed by atoms with Crippen LogP contribution in [0.4, 0.5) is 15.2 Å². The number of non-ortho nitro benzene ring substituents is 1. The highest BCUT2D eigenvalue weighted by atomic mass is 32.1. The fourth-order valence-electron chi connectivity index (χ4n) is 3.02. The minimum atomic E-state index is -0.490. The summed E-state index contributed by atoms with van der Waals surface area (Å²) in [5.41, 5.74) is 1.57. The predicted octanol–water partition coefficient (Wildman–Crippen LogP) is 5.59. The van der Waals surface area contributed by atoms with E-state index in [1.165, 1.54) is 46.6 Å².